The molecule has 2 heterocycles. The molecule has 0 bridgehead atoms. The van der Waals surface area contributed by atoms with Crippen LogP contribution in [0.5, 0.6) is 0 Å². The zero-order chi connectivity index (χ0) is 20.4. The number of carbonyl (C=O) groups is 1. The van der Waals surface area contributed by atoms with Crippen molar-refractivity contribution >= 4 is 17.6 Å². The first-order valence-electron chi connectivity index (χ1n) is 8.97. The predicted molar refractivity (Wildman–Crippen MR) is 107 cm³/mol. The number of esters is 1. The van der Waals surface area contributed by atoms with Gasteiger partial charge in [0.25, 0.3) is 5.89 Å². The van der Waals surface area contributed by atoms with Gasteiger partial charge in [-0.3, -0.25) is 0 Å². The largest absolute Gasteiger partial charge is 0.449 e. The summed E-state index contributed by atoms with van der Waals surface area (Å²) in [4.78, 5) is 12.4. The maximum absolute atomic E-state index is 12.4. The van der Waals surface area contributed by atoms with E-state index < -0.39 is 12.1 Å². The van der Waals surface area contributed by atoms with Crippen molar-refractivity contribution in [1.29, 1.82) is 0 Å². The van der Waals surface area contributed by atoms with Crippen molar-refractivity contribution in [3.63, 3.8) is 0 Å². The van der Waals surface area contributed by atoms with Crippen molar-refractivity contribution in [3.8, 4) is 22.8 Å². The van der Waals surface area contributed by atoms with E-state index in [9.17, 15) is 4.79 Å². The zero-order valence-corrected chi connectivity index (χ0v) is 16.5. The fourth-order valence-corrected chi connectivity index (χ4v) is 2.96. The molecular formula is C22H17ClN2O4. The molecule has 0 N–H and O–H groups in total. The van der Waals surface area contributed by atoms with Gasteiger partial charge in [0.05, 0.1) is 5.02 Å². The van der Waals surface area contributed by atoms with Gasteiger partial charge >= 0.3 is 5.97 Å². The Morgan fingerprint density at radius 3 is 2.52 bits per heavy atom. The second-order valence-electron chi connectivity index (χ2n) is 6.50. The number of aryl methyl sites for hydroxylation is 1. The van der Waals surface area contributed by atoms with Crippen LogP contribution in [0.3, 0.4) is 0 Å². The van der Waals surface area contributed by atoms with Crippen LogP contribution in [-0.4, -0.2) is 16.2 Å². The molecule has 0 radical (unpaired) electrons. The summed E-state index contributed by atoms with van der Waals surface area (Å²) in [6.45, 7) is 3.65. The van der Waals surface area contributed by atoms with Crippen LogP contribution in [0.2, 0.25) is 5.02 Å². The molecule has 29 heavy (non-hydrogen) atoms. The highest BCUT2D eigenvalue weighted by molar-refractivity contribution is 6.33. The molecule has 4 rings (SSSR count). The van der Waals surface area contributed by atoms with Crippen molar-refractivity contribution in [2.24, 2.45) is 0 Å². The lowest BCUT2D eigenvalue weighted by Gasteiger charge is -2.07. The molecular weight excluding hydrogens is 392 g/mol. The summed E-state index contributed by atoms with van der Waals surface area (Å²) in [6.07, 6.45) is -0.733. The molecule has 2 aromatic heterocycles. The van der Waals surface area contributed by atoms with E-state index in [4.69, 9.17) is 25.2 Å². The Labute approximate surface area is 172 Å². The van der Waals surface area contributed by atoms with E-state index in [2.05, 4.69) is 10.2 Å². The molecule has 0 fully saturated rings. The summed E-state index contributed by atoms with van der Waals surface area (Å²) in [5.74, 6) is 0.472. The number of ether oxygens (including phenoxy) is 1. The Morgan fingerprint density at radius 1 is 1.00 bits per heavy atom. The van der Waals surface area contributed by atoms with Gasteiger partial charge in [0.2, 0.25) is 11.7 Å². The van der Waals surface area contributed by atoms with Gasteiger partial charge in [-0.25, -0.2) is 4.79 Å². The van der Waals surface area contributed by atoms with Crippen molar-refractivity contribution in [2.75, 3.05) is 0 Å². The predicted octanol–water partition coefficient (Wildman–Crippen LogP) is 5.88. The lowest BCUT2D eigenvalue weighted by Crippen LogP contribution is -2.08. The Morgan fingerprint density at radius 2 is 1.76 bits per heavy atom. The van der Waals surface area contributed by atoms with Crippen LogP contribution in [0, 0.1) is 6.92 Å². The minimum Gasteiger partial charge on any atom is -0.449 e. The van der Waals surface area contributed by atoms with Gasteiger partial charge in [0, 0.05) is 11.1 Å². The molecule has 2 aromatic carbocycles. The molecule has 0 aliphatic rings. The molecule has 0 aliphatic carbocycles. The molecule has 0 spiro atoms. The first kappa shape index (κ1) is 19.0. The lowest BCUT2D eigenvalue weighted by atomic mass is 10.1. The Balaban J connectivity index is 1.46. The van der Waals surface area contributed by atoms with Crippen LogP contribution < -0.4 is 0 Å². The van der Waals surface area contributed by atoms with E-state index >= 15 is 0 Å². The van der Waals surface area contributed by atoms with E-state index in [1.807, 2.05) is 49.4 Å². The summed E-state index contributed by atoms with van der Waals surface area (Å²) in [5.41, 5.74) is 2.62. The molecule has 1 atom stereocenters. The molecule has 4 aromatic rings. The number of halogens is 1. The van der Waals surface area contributed by atoms with Crippen molar-refractivity contribution in [2.45, 2.75) is 20.0 Å². The molecule has 0 saturated carbocycles. The molecule has 0 aliphatic heterocycles. The minimum absolute atomic E-state index is 0.0602. The Hall–Kier alpha value is -3.38. The number of nitrogens with zero attached hydrogens (tertiary/aromatic N) is 2. The Bertz CT molecular complexity index is 1150. The summed E-state index contributed by atoms with van der Waals surface area (Å²) in [5, 5.41) is 8.54. The van der Waals surface area contributed by atoms with E-state index in [1.54, 1.807) is 25.1 Å². The van der Waals surface area contributed by atoms with Gasteiger partial charge in [-0.05, 0) is 50.2 Å². The summed E-state index contributed by atoms with van der Waals surface area (Å²) in [7, 11) is 0. The van der Waals surface area contributed by atoms with E-state index in [0.717, 1.165) is 11.1 Å². The fourth-order valence-electron chi connectivity index (χ4n) is 2.73. The van der Waals surface area contributed by atoms with E-state index in [1.165, 1.54) is 0 Å². The number of hydrogen-bond acceptors (Lipinski definition) is 6. The second-order valence-corrected chi connectivity index (χ2v) is 6.91. The number of carbonyl (C=O) groups excluding carboxylic acids is 1. The summed E-state index contributed by atoms with van der Waals surface area (Å²) in [6, 6.07) is 18.1. The highest BCUT2D eigenvalue weighted by Gasteiger charge is 2.22. The number of hydrogen-bond donors (Lipinski definition) is 0. The first-order valence-corrected chi connectivity index (χ1v) is 9.35. The molecule has 146 valence electrons. The first-order chi connectivity index (χ1) is 14.0. The summed E-state index contributed by atoms with van der Waals surface area (Å²) < 4.78 is 16.7. The van der Waals surface area contributed by atoms with Gasteiger partial charge in [-0.2, -0.15) is 0 Å². The number of benzene rings is 2. The molecule has 0 saturated heterocycles. The number of furan rings is 1. The second kappa shape index (κ2) is 7.93. The Kier molecular flexibility index (Phi) is 5.18. The SMILES string of the molecule is Cc1ccc(-c2nnc([C@H](C)OC(=O)c3ccc(-c4ccccc4Cl)o3)o2)cc1. The molecule has 0 amide bonds. The third-order valence-corrected chi connectivity index (χ3v) is 4.65. The number of rotatable bonds is 5. The smallest absolute Gasteiger partial charge is 0.375 e. The van der Waals surface area contributed by atoms with Gasteiger partial charge in [-0.1, -0.05) is 41.4 Å². The van der Waals surface area contributed by atoms with Crippen LogP contribution >= 0.6 is 11.6 Å². The minimum atomic E-state index is -0.733. The van der Waals surface area contributed by atoms with Crippen LogP contribution in [0.1, 0.15) is 35.0 Å². The zero-order valence-electron chi connectivity index (χ0n) is 15.8. The van der Waals surface area contributed by atoms with Crippen LogP contribution in [-0.2, 0) is 4.74 Å². The van der Waals surface area contributed by atoms with Crippen molar-refractivity contribution in [3.05, 3.63) is 82.9 Å². The average molecular weight is 409 g/mol. The van der Waals surface area contributed by atoms with E-state index in [-0.39, 0.29) is 11.7 Å². The number of aromatic nitrogens is 2. The van der Waals surface area contributed by atoms with Gasteiger partial charge in [0.15, 0.2) is 6.10 Å². The molecule has 6 nitrogen and oxygen atoms in total. The third-order valence-electron chi connectivity index (χ3n) is 4.32. The van der Waals surface area contributed by atoms with E-state index in [0.29, 0.717) is 22.2 Å². The van der Waals surface area contributed by atoms with Crippen LogP contribution in [0.25, 0.3) is 22.8 Å². The van der Waals surface area contributed by atoms with Gasteiger partial charge in [0.1, 0.15) is 5.76 Å². The normalized spacial score (nSPS) is 12.0. The average Bonchev–Trinajstić information content (AvgIpc) is 3.39. The highest BCUT2D eigenvalue weighted by Crippen LogP contribution is 2.30. The summed E-state index contributed by atoms with van der Waals surface area (Å²) >= 11 is 6.17. The quantitative estimate of drug-likeness (QED) is 0.384. The standard InChI is InChI=1S/C22H17ClN2O4/c1-13-7-9-15(10-8-13)21-25-24-20(29-21)14(2)27-22(26)19-12-11-18(28-19)16-5-3-4-6-17(16)23/h3-12,14H,1-2H3/t14-/m0/s1. The highest BCUT2D eigenvalue weighted by atomic mass is 35.5. The van der Waals surface area contributed by atoms with Gasteiger partial charge in [-0.15, -0.1) is 10.2 Å². The third kappa shape index (κ3) is 4.07. The van der Waals surface area contributed by atoms with Crippen LogP contribution in [0.15, 0.2) is 69.5 Å². The molecule has 7 heteroatoms. The topological polar surface area (TPSA) is 78.4 Å². The molecule has 0 unspecified atom stereocenters. The monoisotopic (exact) mass is 408 g/mol. The van der Waals surface area contributed by atoms with Crippen LogP contribution in [0.4, 0.5) is 0 Å². The maximum atomic E-state index is 12.4. The fraction of sp³-hybridized carbons (Fsp3) is 0.136. The van der Waals surface area contributed by atoms with Gasteiger partial charge < -0.3 is 13.6 Å². The van der Waals surface area contributed by atoms with Crippen molar-refractivity contribution in [1.82, 2.24) is 10.2 Å². The van der Waals surface area contributed by atoms with Crippen molar-refractivity contribution < 1.29 is 18.4 Å². The lowest BCUT2D eigenvalue weighted by molar-refractivity contribution is 0.0245. The maximum Gasteiger partial charge on any atom is 0.375 e.